The number of alkyl halides is 3. The smallest absolute Gasteiger partial charge is 0.342 e. The van der Waals surface area contributed by atoms with Gasteiger partial charge in [0.1, 0.15) is 0 Å². The summed E-state index contributed by atoms with van der Waals surface area (Å²) >= 11 is 0. The van der Waals surface area contributed by atoms with Crippen LogP contribution in [0.4, 0.5) is 13.2 Å². The highest BCUT2D eigenvalue weighted by molar-refractivity contribution is 5.82. The van der Waals surface area contributed by atoms with E-state index in [0.29, 0.717) is 5.56 Å². The molecule has 1 aromatic rings. The third-order valence-corrected chi connectivity index (χ3v) is 3.90. The van der Waals surface area contributed by atoms with Gasteiger partial charge in [0, 0.05) is 0 Å². The molecule has 0 aliphatic heterocycles. The van der Waals surface area contributed by atoms with Crippen LogP contribution in [0, 0.1) is 0 Å². The van der Waals surface area contributed by atoms with Crippen LogP contribution in [0.2, 0.25) is 0 Å². The lowest BCUT2D eigenvalue weighted by molar-refractivity contribution is -0.174. The van der Waals surface area contributed by atoms with Crippen molar-refractivity contribution in [1.29, 1.82) is 0 Å². The molecule has 1 amide bonds. The molecular weight excluding hydrogens is 303 g/mol. The van der Waals surface area contributed by atoms with Gasteiger partial charge in [-0.05, 0) is 30.9 Å². The fourth-order valence-electron chi connectivity index (χ4n) is 2.44. The molecule has 0 aliphatic rings. The van der Waals surface area contributed by atoms with Gasteiger partial charge in [-0.15, -0.1) is 0 Å². The molecular formula is C18H26F3NO. The van der Waals surface area contributed by atoms with E-state index in [-0.39, 0.29) is 0 Å². The molecule has 1 unspecified atom stereocenters. The van der Waals surface area contributed by atoms with E-state index in [1.54, 1.807) is 19.1 Å². The molecule has 0 spiro atoms. The first-order chi connectivity index (χ1) is 10.8. The third kappa shape index (κ3) is 7.53. The highest BCUT2D eigenvalue weighted by atomic mass is 19.4. The second kappa shape index (κ2) is 9.58. The van der Waals surface area contributed by atoms with Gasteiger partial charge in [0.25, 0.3) is 0 Å². The van der Waals surface area contributed by atoms with Gasteiger partial charge in [0.2, 0.25) is 0 Å². The Bertz CT molecular complexity index is 468. The fraction of sp³-hybridized carbons (Fsp3) is 0.611. The van der Waals surface area contributed by atoms with Gasteiger partial charge in [-0.2, -0.15) is 13.2 Å². The zero-order valence-electron chi connectivity index (χ0n) is 13.9. The monoisotopic (exact) mass is 329 g/mol. The number of aryl methyl sites for hydroxylation is 1. The van der Waals surface area contributed by atoms with Crippen LogP contribution in [0.3, 0.4) is 0 Å². The molecule has 5 heteroatoms. The van der Waals surface area contributed by atoms with E-state index in [9.17, 15) is 18.0 Å². The summed E-state index contributed by atoms with van der Waals surface area (Å²) in [6.45, 7) is 3.74. The summed E-state index contributed by atoms with van der Waals surface area (Å²) in [5.74, 6) is -1.90. The number of halogens is 3. The number of unbranched alkanes of at least 4 members (excludes halogenated alkanes) is 5. The minimum atomic E-state index is -4.84. The summed E-state index contributed by atoms with van der Waals surface area (Å²) in [4.78, 5) is 10.9. The largest absolute Gasteiger partial charge is 0.471 e. The number of benzene rings is 1. The predicted octanol–water partition coefficient (Wildman–Crippen LogP) is 5.33. The number of amides is 1. The first kappa shape index (κ1) is 19.5. The SMILES string of the molecule is CCCCCCCCc1ccc(C(C)NC(=O)C(F)(F)F)cc1. The number of nitrogens with one attached hydrogen (secondary N) is 1. The molecule has 1 aromatic carbocycles. The van der Waals surface area contributed by atoms with Crippen LogP contribution in [0.15, 0.2) is 24.3 Å². The maximum Gasteiger partial charge on any atom is 0.471 e. The van der Waals surface area contributed by atoms with Crippen molar-refractivity contribution < 1.29 is 18.0 Å². The van der Waals surface area contributed by atoms with Gasteiger partial charge in [-0.25, -0.2) is 0 Å². The molecule has 0 saturated heterocycles. The number of rotatable bonds is 9. The average molecular weight is 329 g/mol. The van der Waals surface area contributed by atoms with E-state index < -0.39 is 18.1 Å². The number of carbonyl (C=O) groups excluding carboxylic acids is 1. The molecule has 130 valence electrons. The second-order valence-corrected chi connectivity index (χ2v) is 5.95. The Morgan fingerprint density at radius 1 is 1.04 bits per heavy atom. The Balaban J connectivity index is 2.39. The minimum Gasteiger partial charge on any atom is -0.342 e. The lowest BCUT2D eigenvalue weighted by Gasteiger charge is -2.16. The third-order valence-electron chi connectivity index (χ3n) is 3.90. The molecule has 1 N–H and O–H groups in total. The van der Waals surface area contributed by atoms with Crippen molar-refractivity contribution in [2.75, 3.05) is 0 Å². The van der Waals surface area contributed by atoms with Crippen LogP contribution in [-0.2, 0) is 11.2 Å². The maximum absolute atomic E-state index is 12.2. The number of hydrogen-bond donors (Lipinski definition) is 1. The van der Waals surface area contributed by atoms with Crippen LogP contribution in [0.1, 0.15) is 69.5 Å². The lowest BCUT2D eigenvalue weighted by atomic mass is 10.0. The zero-order valence-corrected chi connectivity index (χ0v) is 13.9. The molecule has 1 rings (SSSR count). The summed E-state index contributed by atoms with van der Waals surface area (Å²) in [5.41, 5.74) is 1.85. The highest BCUT2D eigenvalue weighted by Crippen LogP contribution is 2.19. The topological polar surface area (TPSA) is 29.1 Å². The van der Waals surface area contributed by atoms with Crippen LogP contribution >= 0.6 is 0 Å². The van der Waals surface area contributed by atoms with Gasteiger partial charge >= 0.3 is 12.1 Å². The van der Waals surface area contributed by atoms with E-state index in [0.717, 1.165) is 12.8 Å². The van der Waals surface area contributed by atoms with Gasteiger partial charge in [0.05, 0.1) is 6.04 Å². The van der Waals surface area contributed by atoms with Crippen molar-refractivity contribution in [2.24, 2.45) is 0 Å². The normalized spacial score (nSPS) is 12.9. The fourth-order valence-corrected chi connectivity index (χ4v) is 2.44. The molecule has 0 heterocycles. The summed E-state index contributed by atoms with van der Waals surface area (Å²) in [7, 11) is 0. The van der Waals surface area contributed by atoms with E-state index in [2.05, 4.69) is 6.92 Å². The summed E-state index contributed by atoms with van der Waals surface area (Å²) in [5, 5.41) is 1.96. The molecule has 0 saturated carbocycles. The molecule has 0 fully saturated rings. The molecule has 23 heavy (non-hydrogen) atoms. The van der Waals surface area contributed by atoms with E-state index >= 15 is 0 Å². The number of carbonyl (C=O) groups is 1. The molecule has 0 bridgehead atoms. The predicted molar refractivity (Wildman–Crippen MR) is 86.1 cm³/mol. The van der Waals surface area contributed by atoms with Gasteiger partial charge in [0.15, 0.2) is 0 Å². The van der Waals surface area contributed by atoms with E-state index in [4.69, 9.17) is 0 Å². The Morgan fingerprint density at radius 2 is 1.61 bits per heavy atom. The Kier molecular flexibility index (Phi) is 8.13. The molecule has 0 aromatic heterocycles. The Hall–Kier alpha value is -1.52. The van der Waals surface area contributed by atoms with Crippen molar-refractivity contribution in [1.82, 2.24) is 5.32 Å². The van der Waals surface area contributed by atoms with E-state index in [1.807, 2.05) is 17.4 Å². The zero-order chi connectivity index (χ0) is 17.3. The summed E-state index contributed by atoms with van der Waals surface area (Å²) in [6.07, 6.45) is 3.55. The van der Waals surface area contributed by atoms with Gasteiger partial charge in [-0.1, -0.05) is 63.3 Å². The standard InChI is InChI=1S/C18H26F3NO/c1-3-4-5-6-7-8-9-15-10-12-16(13-11-15)14(2)22-17(23)18(19,20)21/h10-14H,3-9H2,1-2H3,(H,22,23). The van der Waals surface area contributed by atoms with Gasteiger partial charge in [-0.3, -0.25) is 4.79 Å². The Labute approximate surface area is 136 Å². The average Bonchev–Trinajstić information content (AvgIpc) is 2.50. The van der Waals surface area contributed by atoms with Crippen LogP contribution < -0.4 is 5.32 Å². The summed E-state index contributed by atoms with van der Waals surface area (Å²) < 4.78 is 36.7. The molecule has 0 radical (unpaired) electrons. The Morgan fingerprint density at radius 3 is 2.17 bits per heavy atom. The first-order valence-corrected chi connectivity index (χ1v) is 8.31. The lowest BCUT2D eigenvalue weighted by Crippen LogP contribution is -2.38. The maximum atomic E-state index is 12.2. The van der Waals surface area contributed by atoms with Gasteiger partial charge < -0.3 is 5.32 Å². The minimum absolute atomic E-state index is 0.660. The highest BCUT2D eigenvalue weighted by Gasteiger charge is 2.39. The molecule has 0 aliphatic carbocycles. The van der Waals surface area contributed by atoms with Crippen LogP contribution in [0.25, 0.3) is 0 Å². The van der Waals surface area contributed by atoms with Crippen molar-refractivity contribution in [3.8, 4) is 0 Å². The number of hydrogen-bond acceptors (Lipinski definition) is 1. The second-order valence-electron chi connectivity index (χ2n) is 5.95. The van der Waals surface area contributed by atoms with Crippen molar-refractivity contribution in [2.45, 2.75) is 71.0 Å². The molecule has 1 atom stereocenters. The van der Waals surface area contributed by atoms with Crippen LogP contribution in [0.5, 0.6) is 0 Å². The van der Waals surface area contributed by atoms with Crippen molar-refractivity contribution in [3.05, 3.63) is 35.4 Å². The van der Waals surface area contributed by atoms with Crippen molar-refractivity contribution in [3.63, 3.8) is 0 Å². The quantitative estimate of drug-likeness (QED) is 0.610. The van der Waals surface area contributed by atoms with E-state index in [1.165, 1.54) is 37.7 Å². The first-order valence-electron chi connectivity index (χ1n) is 8.31. The van der Waals surface area contributed by atoms with Crippen molar-refractivity contribution >= 4 is 5.91 Å². The van der Waals surface area contributed by atoms with Crippen LogP contribution in [-0.4, -0.2) is 12.1 Å². The molecule has 2 nitrogen and oxygen atoms in total. The summed E-state index contributed by atoms with van der Waals surface area (Å²) in [6, 6.07) is 6.77.